The van der Waals surface area contributed by atoms with Gasteiger partial charge in [-0.15, -0.1) is 11.8 Å². The smallest absolute Gasteiger partial charge is 0.436 e. The minimum Gasteiger partial charge on any atom is -0.493 e. The molecule has 0 fully saturated rings. The number of benzene rings is 2. The van der Waals surface area contributed by atoms with Crippen LogP contribution in [0, 0.1) is 0 Å². The molecule has 1 heterocycles. The van der Waals surface area contributed by atoms with E-state index in [0.29, 0.717) is 30.7 Å². The molecule has 1 atom stereocenters. The lowest BCUT2D eigenvalue weighted by molar-refractivity contribution is 0.0604. The Balaban J connectivity index is 1.64. The highest BCUT2D eigenvalue weighted by Crippen LogP contribution is 2.36. The SMILES string of the molecule is CSc1ccccc1C(=O)NCCC1COc2ccc(C(N)=NC(=O)OC(C)(C)C)cc21. The number of amidine groups is 1. The molecule has 0 spiro atoms. The van der Waals surface area contributed by atoms with Crippen LogP contribution in [-0.4, -0.2) is 42.8 Å². The van der Waals surface area contributed by atoms with Gasteiger partial charge in [-0.05, 0) is 63.8 Å². The highest BCUT2D eigenvalue weighted by atomic mass is 32.2. The van der Waals surface area contributed by atoms with E-state index in [4.69, 9.17) is 15.2 Å². The van der Waals surface area contributed by atoms with Gasteiger partial charge < -0.3 is 20.5 Å². The summed E-state index contributed by atoms with van der Waals surface area (Å²) in [5.41, 5.74) is 7.69. The van der Waals surface area contributed by atoms with Crippen molar-refractivity contribution in [2.75, 3.05) is 19.4 Å². The lowest BCUT2D eigenvalue weighted by Crippen LogP contribution is -2.26. The molecule has 1 aliphatic heterocycles. The predicted molar refractivity (Wildman–Crippen MR) is 127 cm³/mol. The van der Waals surface area contributed by atoms with Gasteiger partial charge in [-0.3, -0.25) is 4.79 Å². The number of hydrogen-bond acceptors (Lipinski definition) is 5. The first-order chi connectivity index (χ1) is 15.2. The number of hydrogen-bond donors (Lipinski definition) is 2. The number of rotatable bonds is 6. The first kappa shape index (κ1) is 23.7. The molecular weight excluding hydrogens is 426 g/mol. The molecule has 0 bridgehead atoms. The van der Waals surface area contributed by atoms with E-state index in [1.54, 1.807) is 38.6 Å². The molecule has 1 aliphatic rings. The van der Waals surface area contributed by atoms with Crippen molar-refractivity contribution in [1.82, 2.24) is 5.32 Å². The van der Waals surface area contributed by atoms with E-state index in [-0.39, 0.29) is 17.7 Å². The third-order valence-corrected chi connectivity index (χ3v) is 5.72. The third kappa shape index (κ3) is 6.03. The highest BCUT2D eigenvalue weighted by molar-refractivity contribution is 7.98. The Morgan fingerprint density at radius 3 is 2.72 bits per heavy atom. The molecule has 2 aromatic carbocycles. The quantitative estimate of drug-likeness (QED) is 0.381. The molecule has 2 aromatic rings. The van der Waals surface area contributed by atoms with Gasteiger partial charge in [0.15, 0.2) is 0 Å². The second kappa shape index (κ2) is 10.1. The molecule has 1 unspecified atom stereocenters. The van der Waals surface area contributed by atoms with Gasteiger partial charge in [0.1, 0.15) is 17.2 Å². The molecule has 0 aromatic heterocycles. The number of nitrogens with one attached hydrogen (secondary N) is 1. The van der Waals surface area contributed by atoms with E-state index in [2.05, 4.69) is 10.3 Å². The van der Waals surface area contributed by atoms with E-state index in [0.717, 1.165) is 16.2 Å². The summed E-state index contributed by atoms with van der Waals surface area (Å²) >= 11 is 1.55. The summed E-state index contributed by atoms with van der Waals surface area (Å²) in [5, 5.41) is 3.00. The summed E-state index contributed by atoms with van der Waals surface area (Å²) in [4.78, 5) is 29.3. The molecule has 0 saturated heterocycles. The molecular formula is C24H29N3O4S. The van der Waals surface area contributed by atoms with Gasteiger partial charge >= 0.3 is 6.09 Å². The van der Waals surface area contributed by atoms with Crippen molar-refractivity contribution in [2.45, 2.75) is 43.6 Å². The lowest BCUT2D eigenvalue weighted by Gasteiger charge is -2.17. The van der Waals surface area contributed by atoms with Crippen LogP contribution in [0.5, 0.6) is 5.75 Å². The first-order valence-corrected chi connectivity index (χ1v) is 11.7. The zero-order chi connectivity index (χ0) is 23.3. The van der Waals surface area contributed by atoms with Crippen LogP contribution in [0.1, 0.15) is 54.6 Å². The number of thioether (sulfide) groups is 1. The van der Waals surface area contributed by atoms with E-state index >= 15 is 0 Å². The fraction of sp³-hybridized carbons (Fsp3) is 0.375. The number of nitrogens with zero attached hydrogens (tertiary/aromatic N) is 1. The second-order valence-corrected chi connectivity index (χ2v) is 9.33. The molecule has 0 aliphatic carbocycles. The number of carbonyl (C=O) groups excluding carboxylic acids is 2. The van der Waals surface area contributed by atoms with Crippen molar-refractivity contribution in [3.63, 3.8) is 0 Å². The number of fused-ring (bicyclic) bond motifs is 1. The second-order valence-electron chi connectivity index (χ2n) is 8.48. The number of carbonyl (C=O) groups is 2. The van der Waals surface area contributed by atoms with Crippen molar-refractivity contribution in [3.8, 4) is 5.75 Å². The van der Waals surface area contributed by atoms with Crippen molar-refractivity contribution < 1.29 is 19.1 Å². The third-order valence-electron chi connectivity index (χ3n) is 4.92. The molecule has 8 heteroatoms. The summed E-state index contributed by atoms with van der Waals surface area (Å²) in [6, 6.07) is 13.0. The van der Waals surface area contributed by atoms with Gasteiger partial charge in [-0.25, -0.2) is 4.79 Å². The molecule has 7 nitrogen and oxygen atoms in total. The molecule has 170 valence electrons. The number of amides is 2. The van der Waals surface area contributed by atoms with Crippen LogP contribution in [0.25, 0.3) is 0 Å². The standard InChI is InChI=1S/C24H29N3O4S/c1-24(2,3)31-23(29)27-21(25)15-9-10-19-18(13-15)16(14-30-19)11-12-26-22(28)17-7-5-6-8-20(17)32-4/h5-10,13,16H,11-12,14H2,1-4H3,(H,26,28)(H2,25,27,29). The molecule has 3 N–H and O–H groups in total. The average molecular weight is 456 g/mol. The fourth-order valence-electron chi connectivity index (χ4n) is 3.41. The van der Waals surface area contributed by atoms with Crippen LogP contribution in [0.15, 0.2) is 52.4 Å². The van der Waals surface area contributed by atoms with E-state index in [9.17, 15) is 9.59 Å². The average Bonchev–Trinajstić information content (AvgIpc) is 3.14. The Morgan fingerprint density at radius 2 is 2.00 bits per heavy atom. The minimum atomic E-state index is -0.725. The Labute approximate surface area is 192 Å². The van der Waals surface area contributed by atoms with E-state index in [1.165, 1.54) is 0 Å². The van der Waals surface area contributed by atoms with Crippen LogP contribution in [0.4, 0.5) is 4.79 Å². The molecule has 3 rings (SSSR count). The van der Waals surface area contributed by atoms with Gasteiger partial charge in [0.2, 0.25) is 0 Å². The summed E-state index contributed by atoms with van der Waals surface area (Å²) in [6.07, 6.45) is 1.94. The first-order valence-electron chi connectivity index (χ1n) is 10.4. The molecule has 32 heavy (non-hydrogen) atoms. The molecule has 0 radical (unpaired) electrons. The topological polar surface area (TPSA) is 103 Å². The number of aliphatic imine (C=N–C) groups is 1. The minimum absolute atomic E-state index is 0.0865. The maximum atomic E-state index is 12.6. The van der Waals surface area contributed by atoms with Crippen molar-refractivity contribution >= 4 is 29.6 Å². The summed E-state index contributed by atoms with van der Waals surface area (Å²) in [5.74, 6) is 0.893. The van der Waals surface area contributed by atoms with Crippen molar-refractivity contribution in [2.24, 2.45) is 10.7 Å². The summed E-state index contributed by atoms with van der Waals surface area (Å²) in [6.45, 7) is 6.35. The number of nitrogens with two attached hydrogens (primary N) is 1. The van der Waals surface area contributed by atoms with Gasteiger partial charge in [0.25, 0.3) is 5.91 Å². The highest BCUT2D eigenvalue weighted by Gasteiger charge is 2.25. The number of ether oxygens (including phenoxy) is 2. The normalized spacial score (nSPS) is 15.6. The Hall–Kier alpha value is -3.00. The van der Waals surface area contributed by atoms with Gasteiger partial charge in [0, 0.05) is 28.5 Å². The van der Waals surface area contributed by atoms with Crippen LogP contribution >= 0.6 is 11.8 Å². The van der Waals surface area contributed by atoms with E-state index < -0.39 is 11.7 Å². The van der Waals surface area contributed by atoms with Gasteiger partial charge in [0.05, 0.1) is 12.2 Å². The lowest BCUT2D eigenvalue weighted by atomic mass is 9.96. The molecule has 0 saturated carbocycles. The van der Waals surface area contributed by atoms with Crippen LogP contribution in [0.2, 0.25) is 0 Å². The zero-order valence-corrected chi connectivity index (χ0v) is 19.6. The Morgan fingerprint density at radius 1 is 1.25 bits per heavy atom. The summed E-state index contributed by atoms with van der Waals surface area (Å²) < 4.78 is 11.0. The maximum absolute atomic E-state index is 12.6. The maximum Gasteiger partial charge on any atom is 0.436 e. The van der Waals surface area contributed by atoms with Crippen LogP contribution in [-0.2, 0) is 4.74 Å². The zero-order valence-electron chi connectivity index (χ0n) is 18.8. The molecule has 2 amide bonds. The van der Waals surface area contributed by atoms with Gasteiger partial charge in [-0.2, -0.15) is 4.99 Å². The fourth-order valence-corrected chi connectivity index (χ4v) is 4.01. The predicted octanol–water partition coefficient (Wildman–Crippen LogP) is 4.35. The Bertz CT molecular complexity index is 1030. The van der Waals surface area contributed by atoms with Crippen molar-refractivity contribution in [1.29, 1.82) is 0 Å². The van der Waals surface area contributed by atoms with Gasteiger partial charge in [-0.1, -0.05) is 12.1 Å². The Kier molecular flexibility index (Phi) is 7.45. The van der Waals surface area contributed by atoms with Crippen LogP contribution in [0.3, 0.4) is 0 Å². The monoisotopic (exact) mass is 455 g/mol. The summed E-state index contributed by atoms with van der Waals surface area (Å²) in [7, 11) is 0. The van der Waals surface area contributed by atoms with Crippen molar-refractivity contribution in [3.05, 3.63) is 59.2 Å². The van der Waals surface area contributed by atoms with Crippen LogP contribution < -0.4 is 15.8 Å². The largest absolute Gasteiger partial charge is 0.493 e. The van der Waals surface area contributed by atoms with E-state index in [1.807, 2.05) is 42.7 Å².